The number of carboxylic acids is 1. The van der Waals surface area contributed by atoms with Crippen LogP contribution in [0.3, 0.4) is 0 Å². The van der Waals surface area contributed by atoms with E-state index in [9.17, 15) is 18.3 Å². The van der Waals surface area contributed by atoms with Gasteiger partial charge in [-0.25, -0.2) is 8.42 Å². The summed E-state index contributed by atoms with van der Waals surface area (Å²) in [5.41, 5.74) is -0.183. The van der Waals surface area contributed by atoms with Crippen molar-refractivity contribution in [1.82, 2.24) is 4.72 Å². The molecule has 0 aliphatic heterocycles. The minimum Gasteiger partial charge on any atom is -0.480 e. The van der Waals surface area contributed by atoms with Crippen molar-refractivity contribution in [2.24, 2.45) is 5.41 Å². The molecule has 7 heteroatoms. The minimum absolute atomic E-state index is 0.0716. The summed E-state index contributed by atoms with van der Waals surface area (Å²) in [4.78, 5) is 11.3. The summed E-state index contributed by atoms with van der Waals surface area (Å²) in [5, 5.41) is 9.21. The SMILES string of the molecule is Cc1ccc(Br)cc1S(=O)(=O)N[C@H](C(=O)O)C(C)(C)C. The van der Waals surface area contributed by atoms with E-state index in [4.69, 9.17) is 0 Å². The molecule has 1 atom stereocenters. The summed E-state index contributed by atoms with van der Waals surface area (Å²) in [5.74, 6) is -1.20. The number of halogens is 1. The molecule has 1 aromatic carbocycles. The lowest BCUT2D eigenvalue weighted by Gasteiger charge is -2.27. The largest absolute Gasteiger partial charge is 0.480 e. The standard InChI is InChI=1S/C13H18BrNO4S/c1-8-5-6-9(14)7-10(8)20(18,19)15-11(12(16)17)13(2,3)4/h5-7,11,15H,1-4H3,(H,16,17)/t11-/m1/s1. The molecular weight excluding hydrogens is 346 g/mol. The molecule has 2 N–H and O–H groups in total. The van der Waals surface area contributed by atoms with Crippen LogP contribution in [0.1, 0.15) is 26.3 Å². The van der Waals surface area contributed by atoms with Gasteiger partial charge in [-0.2, -0.15) is 4.72 Å². The Bertz CT molecular complexity index is 620. The minimum atomic E-state index is -3.90. The Balaban J connectivity index is 3.24. The Kier molecular flexibility index (Phi) is 4.99. The van der Waals surface area contributed by atoms with Gasteiger partial charge < -0.3 is 5.11 Å². The normalized spacial score (nSPS) is 14.1. The molecule has 0 aliphatic carbocycles. The fourth-order valence-corrected chi connectivity index (χ4v) is 3.86. The van der Waals surface area contributed by atoms with Gasteiger partial charge in [-0.15, -0.1) is 0 Å². The molecule has 0 fully saturated rings. The van der Waals surface area contributed by atoms with E-state index in [1.165, 1.54) is 6.07 Å². The van der Waals surface area contributed by atoms with Crippen LogP contribution < -0.4 is 4.72 Å². The van der Waals surface area contributed by atoms with E-state index in [0.717, 1.165) is 0 Å². The number of hydrogen-bond donors (Lipinski definition) is 2. The number of carbonyl (C=O) groups is 1. The second-order valence-electron chi connectivity index (χ2n) is 5.67. The van der Waals surface area contributed by atoms with Crippen LogP contribution in [0.15, 0.2) is 27.6 Å². The van der Waals surface area contributed by atoms with Gasteiger partial charge in [0.25, 0.3) is 0 Å². The molecule has 0 aromatic heterocycles. The monoisotopic (exact) mass is 363 g/mol. The highest BCUT2D eigenvalue weighted by molar-refractivity contribution is 9.10. The number of benzene rings is 1. The fraction of sp³-hybridized carbons (Fsp3) is 0.462. The average Bonchev–Trinajstić information content (AvgIpc) is 2.27. The first-order valence-corrected chi connectivity index (χ1v) is 8.24. The van der Waals surface area contributed by atoms with Gasteiger partial charge in [0.15, 0.2) is 0 Å². The summed E-state index contributed by atoms with van der Waals surface area (Å²) >= 11 is 3.21. The Hall–Kier alpha value is -0.920. The van der Waals surface area contributed by atoms with Gasteiger partial charge in [-0.3, -0.25) is 4.79 Å². The van der Waals surface area contributed by atoms with Crippen molar-refractivity contribution in [3.63, 3.8) is 0 Å². The molecule has 0 heterocycles. The van der Waals surface area contributed by atoms with Crippen molar-refractivity contribution in [1.29, 1.82) is 0 Å². The van der Waals surface area contributed by atoms with E-state index in [-0.39, 0.29) is 4.90 Å². The van der Waals surface area contributed by atoms with Crippen LogP contribution in [-0.4, -0.2) is 25.5 Å². The molecule has 0 radical (unpaired) electrons. The molecule has 0 saturated carbocycles. The molecule has 0 aliphatic rings. The van der Waals surface area contributed by atoms with E-state index in [1.807, 2.05) is 0 Å². The first-order valence-electron chi connectivity index (χ1n) is 5.96. The Labute approximate surface area is 127 Å². The van der Waals surface area contributed by atoms with Crippen molar-refractivity contribution < 1.29 is 18.3 Å². The Morgan fingerprint density at radius 3 is 2.35 bits per heavy atom. The smallest absolute Gasteiger partial charge is 0.322 e. The molecule has 1 rings (SSSR count). The third kappa shape index (κ3) is 4.04. The molecule has 0 spiro atoms. The van der Waals surface area contributed by atoms with Crippen molar-refractivity contribution in [2.75, 3.05) is 0 Å². The van der Waals surface area contributed by atoms with Crippen LogP contribution in [0, 0.1) is 12.3 Å². The summed E-state index contributed by atoms with van der Waals surface area (Å²) in [6.07, 6.45) is 0. The quantitative estimate of drug-likeness (QED) is 0.860. The summed E-state index contributed by atoms with van der Waals surface area (Å²) < 4.78 is 27.6. The number of carboxylic acid groups (broad SMARTS) is 1. The predicted molar refractivity (Wildman–Crippen MR) is 80.1 cm³/mol. The first-order chi connectivity index (χ1) is 8.95. The van der Waals surface area contributed by atoms with Gasteiger partial charge in [0.05, 0.1) is 4.90 Å². The van der Waals surface area contributed by atoms with E-state index in [2.05, 4.69) is 20.7 Å². The van der Waals surface area contributed by atoms with Crippen LogP contribution >= 0.6 is 15.9 Å². The maximum Gasteiger partial charge on any atom is 0.322 e. The number of nitrogens with one attached hydrogen (secondary N) is 1. The van der Waals surface area contributed by atoms with Crippen molar-refractivity contribution >= 4 is 31.9 Å². The highest BCUT2D eigenvalue weighted by atomic mass is 79.9. The predicted octanol–water partition coefficient (Wildman–Crippen LogP) is 2.54. The molecule has 0 amide bonds. The highest BCUT2D eigenvalue weighted by Crippen LogP contribution is 2.24. The first kappa shape index (κ1) is 17.1. The van der Waals surface area contributed by atoms with Crippen LogP contribution in [0.4, 0.5) is 0 Å². The van der Waals surface area contributed by atoms with E-state index >= 15 is 0 Å². The third-order valence-corrected chi connectivity index (χ3v) is 4.88. The van der Waals surface area contributed by atoms with Crippen LogP contribution in [0.25, 0.3) is 0 Å². The van der Waals surface area contributed by atoms with Gasteiger partial charge in [-0.05, 0) is 30.0 Å². The van der Waals surface area contributed by atoms with Crippen molar-refractivity contribution in [2.45, 2.75) is 38.6 Å². The van der Waals surface area contributed by atoms with Crippen LogP contribution in [0.5, 0.6) is 0 Å². The maximum absolute atomic E-state index is 12.4. The number of aryl methyl sites for hydroxylation is 1. The number of sulfonamides is 1. The second kappa shape index (κ2) is 5.83. The van der Waals surface area contributed by atoms with Crippen molar-refractivity contribution in [3.05, 3.63) is 28.2 Å². The lowest BCUT2D eigenvalue weighted by molar-refractivity contribution is -0.141. The maximum atomic E-state index is 12.4. The summed E-state index contributed by atoms with van der Waals surface area (Å²) in [6.45, 7) is 6.67. The van der Waals surface area contributed by atoms with Crippen LogP contribution in [0.2, 0.25) is 0 Å². The lowest BCUT2D eigenvalue weighted by atomic mass is 9.88. The third-order valence-electron chi connectivity index (χ3n) is 2.83. The van der Waals surface area contributed by atoms with Gasteiger partial charge in [-0.1, -0.05) is 42.8 Å². The van der Waals surface area contributed by atoms with Crippen molar-refractivity contribution in [3.8, 4) is 0 Å². The lowest BCUT2D eigenvalue weighted by Crippen LogP contribution is -2.49. The molecule has 0 bridgehead atoms. The molecule has 112 valence electrons. The zero-order chi connectivity index (χ0) is 15.7. The highest BCUT2D eigenvalue weighted by Gasteiger charge is 2.35. The molecule has 5 nitrogen and oxygen atoms in total. The summed E-state index contributed by atoms with van der Waals surface area (Å²) in [7, 11) is -3.90. The fourth-order valence-electron chi connectivity index (χ4n) is 1.68. The summed E-state index contributed by atoms with van der Waals surface area (Å²) in [6, 6.07) is 3.64. The zero-order valence-electron chi connectivity index (χ0n) is 11.8. The Morgan fingerprint density at radius 2 is 1.90 bits per heavy atom. The molecule has 0 unspecified atom stereocenters. The molecule has 20 heavy (non-hydrogen) atoms. The molecular formula is C13H18BrNO4S. The zero-order valence-corrected chi connectivity index (χ0v) is 14.2. The van der Waals surface area contributed by atoms with Gasteiger partial charge >= 0.3 is 5.97 Å². The number of aliphatic carboxylic acids is 1. The van der Waals surface area contributed by atoms with Gasteiger partial charge in [0.1, 0.15) is 6.04 Å². The molecule has 1 aromatic rings. The van der Waals surface area contributed by atoms with E-state index in [0.29, 0.717) is 10.0 Å². The number of rotatable bonds is 4. The van der Waals surface area contributed by atoms with Gasteiger partial charge in [0.2, 0.25) is 10.0 Å². The Morgan fingerprint density at radius 1 is 1.35 bits per heavy atom. The molecule has 0 saturated heterocycles. The second-order valence-corrected chi connectivity index (χ2v) is 8.27. The van der Waals surface area contributed by atoms with Crippen LogP contribution in [-0.2, 0) is 14.8 Å². The van der Waals surface area contributed by atoms with E-state index in [1.54, 1.807) is 39.8 Å². The topological polar surface area (TPSA) is 83.5 Å². The average molecular weight is 364 g/mol. The number of hydrogen-bond acceptors (Lipinski definition) is 3. The van der Waals surface area contributed by atoms with E-state index < -0.39 is 27.4 Å². The van der Waals surface area contributed by atoms with Gasteiger partial charge in [0, 0.05) is 4.47 Å².